The summed E-state index contributed by atoms with van der Waals surface area (Å²) in [6, 6.07) is 0. The number of hydrogen-bond donors (Lipinski definition) is 1. The molecular formula is C11H17N3O2S. The van der Waals surface area contributed by atoms with Gasteiger partial charge in [-0.05, 0) is 0 Å². The lowest BCUT2D eigenvalue weighted by Gasteiger charge is -2.26. The Bertz CT molecular complexity index is 336. The molecule has 6 heteroatoms. The Morgan fingerprint density at radius 2 is 2.35 bits per heavy atom. The molecule has 17 heavy (non-hydrogen) atoms. The van der Waals surface area contributed by atoms with Crippen LogP contribution in [-0.4, -0.2) is 48.6 Å². The quantitative estimate of drug-likeness (QED) is 0.778. The lowest BCUT2D eigenvalue weighted by Crippen LogP contribution is -2.41. The van der Waals surface area contributed by atoms with Gasteiger partial charge in [0.15, 0.2) is 0 Å². The summed E-state index contributed by atoms with van der Waals surface area (Å²) in [5, 5.41) is 3.25. The molecule has 1 aromatic heterocycles. The van der Waals surface area contributed by atoms with Gasteiger partial charge in [0.05, 0.1) is 18.7 Å². The smallest absolute Gasteiger partial charge is 0.224 e. The normalized spacial score (nSPS) is 16.1. The second-order valence-corrected chi connectivity index (χ2v) is 4.86. The van der Waals surface area contributed by atoms with Gasteiger partial charge in [0.2, 0.25) is 5.91 Å². The van der Waals surface area contributed by atoms with Gasteiger partial charge in [0.1, 0.15) is 0 Å². The van der Waals surface area contributed by atoms with Crippen molar-refractivity contribution in [3.8, 4) is 0 Å². The van der Waals surface area contributed by atoms with Crippen LogP contribution in [0, 0.1) is 0 Å². The van der Waals surface area contributed by atoms with Crippen LogP contribution in [0.15, 0.2) is 11.7 Å². The molecule has 0 radical (unpaired) electrons. The molecule has 5 nitrogen and oxygen atoms in total. The first-order valence-electron chi connectivity index (χ1n) is 5.80. The Balaban J connectivity index is 1.59. The molecular weight excluding hydrogens is 238 g/mol. The average molecular weight is 255 g/mol. The fourth-order valence-electron chi connectivity index (χ4n) is 1.71. The highest BCUT2D eigenvalue weighted by Crippen LogP contribution is 2.04. The molecule has 1 N–H and O–H groups in total. The van der Waals surface area contributed by atoms with Gasteiger partial charge in [0.25, 0.3) is 0 Å². The summed E-state index contributed by atoms with van der Waals surface area (Å²) in [5.74, 6) is 0.213. The Kier molecular flexibility index (Phi) is 4.90. The molecule has 94 valence electrons. The number of amides is 1. The van der Waals surface area contributed by atoms with E-state index in [1.807, 2.05) is 16.6 Å². The zero-order valence-corrected chi connectivity index (χ0v) is 10.5. The molecule has 0 atom stereocenters. The van der Waals surface area contributed by atoms with Crippen LogP contribution in [0.2, 0.25) is 0 Å². The van der Waals surface area contributed by atoms with Crippen LogP contribution in [0.4, 0.5) is 0 Å². The molecule has 0 unspecified atom stereocenters. The Labute approximate surface area is 105 Å². The molecule has 0 spiro atoms. The van der Waals surface area contributed by atoms with Gasteiger partial charge in [-0.3, -0.25) is 9.78 Å². The second kappa shape index (κ2) is 6.68. The average Bonchev–Trinajstić information content (AvgIpc) is 2.88. The first-order chi connectivity index (χ1) is 8.36. The summed E-state index contributed by atoms with van der Waals surface area (Å²) in [7, 11) is 0. The first-order valence-corrected chi connectivity index (χ1v) is 6.68. The minimum Gasteiger partial charge on any atom is -0.378 e. The summed E-state index contributed by atoms with van der Waals surface area (Å²) in [6.07, 6.45) is 2.40. The summed E-state index contributed by atoms with van der Waals surface area (Å²) < 4.78 is 5.21. The standard InChI is InChI=1S/C11H17N3O2S/c15-11(14-3-5-16-6-4-14)1-2-12-7-10-8-13-9-17-10/h8-9,12H,1-7H2. The molecule has 1 aliphatic rings. The molecule has 0 bridgehead atoms. The van der Waals surface area contributed by atoms with E-state index in [0.717, 1.165) is 19.6 Å². The van der Waals surface area contributed by atoms with Gasteiger partial charge < -0.3 is 15.0 Å². The zero-order chi connectivity index (χ0) is 11.9. The van der Waals surface area contributed by atoms with Crippen LogP contribution >= 0.6 is 11.3 Å². The number of rotatable bonds is 5. The van der Waals surface area contributed by atoms with Gasteiger partial charge in [-0.2, -0.15) is 0 Å². The molecule has 2 rings (SSSR count). The van der Waals surface area contributed by atoms with Crippen molar-refractivity contribution in [1.29, 1.82) is 0 Å². The fraction of sp³-hybridized carbons (Fsp3) is 0.636. The van der Waals surface area contributed by atoms with Gasteiger partial charge in [-0.15, -0.1) is 11.3 Å². The van der Waals surface area contributed by atoms with Crippen molar-refractivity contribution in [1.82, 2.24) is 15.2 Å². The summed E-state index contributed by atoms with van der Waals surface area (Å²) in [5.41, 5.74) is 1.82. The third-order valence-corrected chi connectivity index (χ3v) is 3.44. The lowest BCUT2D eigenvalue weighted by molar-refractivity contribution is -0.135. The highest BCUT2D eigenvalue weighted by Gasteiger charge is 2.15. The van der Waals surface area contributed by atoms with Crippen molar-refractivity contribution in [3.05, 3.63) is 16.6 Å². The van der Waals surface area contributed by atoms with E-state index in [9.17, 15) is 4.79 Å². The highest BCUT2D eigenvalue weighted by molar-refractivity contribution is 7.09. The number of aromatic nitrogens is 1. The van der Waals surface area contributed by atoms with Gasteiger partial charge in [-0.25, -0.2) is 0 Å². The lowest BCUT2D eigenvalue weighted by atomic mass is 10.3. The predicted molar refractivity (Wildman–Crippen MR) is 65.8 cm³/mol. The van der Waals surface area contributed by atoms with Crippen LogP contribution in [0.25, 0.3) is 0 Å². The number of morpholine rings is 1. The van der Waals surface area contributed by atoms with Crippen molar-refractivity contribution in [2.24, 2.45) is 0 Å². The Morgan fingerprint density at radius 3 is 3.06 bits per heavy atom. The van der Waals surface area contributed by atoms with Gasteiger partial charge in [-0.1, -0.05) is 0 Å². The molecule has 2 heterocycles. The Morgan fingerprint density at radius 1 is 1.53 bits per heavy atom. The van der Waals surface area contributed by atoms with E-state index in [1.54, 1.807) is 11.3 Å². The highest BCUT2D eigenvalue weighted by atomic mass is 32.1. The molecule has 0 saturated carbocycles. The van der Waals surface area contributed by atoms with Crippen LogP contribution in [0.5, 0.6) is 0 Å². The van der Waals surface area contributed by atoms with Crippen molar-refractivity contribution in [3.63, 3.8) is 0 Å². The van der Waals surface area contributed by atoms with Gasteiger partial charge in [0, 0.05) is 43.7 Å². The maximum atomic E-state index is 11.8. The van der Waals surface area contributed by atoms with E-state index in [4.69, 9.17) is 4.74 Å². The van der Waals surface area contributed by atoms with Crippen molar-refractivity contribution in [2.45, 2.75) is 13.0 Å². The topological polar surface area (TPSA) is 54.5 Å². The van der Waals surface area contributed by atoms with E-state index in [2.05, 4.69) is 10.3 Å². The SMILES string of the molecule is O=C(CCNCc1cncs1)N1CCOCC1. The molecule has 1 aromatic rings. The van der Waals surface area contributed by atoms with Crippen molar-refractivity contribution < 1.29 is 9.53 Å². The fourth-order valence-corrected chi connectivity index (χ4v) is 2.27. The minimum atomic E-state index is 0.213. The molecule has 1 amide bonds. The maximum Gasteiger partial charge on any atom is 0.224 e. The third kappa shape index (κ3) is 4.07. The molecule has 0 aromatic carbocycles. The van der Waals surface area contributed by atoms with E-state index < -0.39 is 0 Å². The molecule has 1 saturated heterocycles. The number of nitrogens with one attached hydrogen (secondary N) is 1. The van der Waals surface area contributed by atoms with Crippen LogP contribution < -0.4 is 5.32 Å². The summed E-state index contributed by atoms with van der Waals surface area (Å²) in [6.45, 7) is 4.30. The monoisotopic (exact) mass is 255 g/mol. The molecule has 0 aliphatic carbocycles. The molecule has 1 fully saturated rings. The Hall–Kier alpha value is -0.980. The number of ether oxygens (including phenoxy) is 1. The summed E-state index contributed by atoms with van der Waals surface area (Å²) in [4.78, 5) is 18.8. The second-order valence-electron chi connectivity index (χ2n) is 3.89. The van der Waals surface area contributed by atoms with Crippen LogP contribution in [0.3, 0.4) is 0 Å². The van der Waals surface area contributed by atoms with E-state index in [1.165, 1.54) is 4.88 Å². The van der Waals surface area contributed by atoms with Gasteiger partial charge >= 0.3 is 0 Å². The first kappa shape index (κ1) is 12.5. The largest absolute Gasteiger partial charge is 0.378 e. The van der Waals surface area contributed by atoms with E-state index >= 15 is 0 Å². The van der Waals surface area contributed by atoms with Crippen molar-refractivity contribution in [2.75, 3.05) is 32.8 Å². The number of thiazole rings is 1. The van der Waals surface area contributed by atoms with Crippen LogP contribution in [-0.2, 0) is 16.1 Å². The molecule has 1 aliphatic heterocycles. The minimum absolute atomic E-state index is 0.213. The van der Waals surface area contributed by atoms with Crippen LogP contribution in [0.1, 0.15) is 11.3 Å². The van der Waals surface area contributed by atoms with E-state index in [-0.39, 0.29) is 5.91 Å². The van der Waals surface area contributed by atoms with E-state index in [0.29, 0.717) is 26.2 Å². The maximum absolute atomic E-state index is 11.8. The number of hydrogen-bond acceptors (Lipinski definition) is 5. The predicted octanol–water partition coefficient (Wildman–Crippen LogP) is 0.482. The summed E-state index contributed by atoms with van der Waals surface area (Å²) >= 11 is 1.62. The number of carbonyl (C=O) groups excluding carboxylic acids is 1. The number of nitrogens with zero attached hydrogens (tertiary/aromatic N) is 2. The number of carbonyl (C=O) groups is 1. The third-order valence-electron chi connectivity index (χ3n) is 2.66. The van der Waals surface area contributed by atoms with Crippen molar-refractivity contribution >= 4 is 17.2 Å². The zero-order valence-electron chi connectivity index (χ0n) is 9.72.